The number of rotatable bonds is 7. The molecular formula is C21H13Cl2F4N3O3. The molecule has 3 aromatic rings. The van der Waals surface area contributed by atoms with Crippen LogP contribution in [0.25, 0.3) is 0 Å². The SMILES string of the molecule is O=[N+]([O-])c1cc(C(F)(F)F)ccc1N/N=C\c1cc(Cl)c(OCc2ccc(F)cc2)c(Cl)c1. The highest BCUT2D eigenvalue weighted by Crippen LogP contribution is 2.36. The first kappa shape index (κ1) is 24.3. The van der Waals surface area contributed by atoms with Crippen LogP contribution in [0.15, 0.2) is 59.7 Å². The third-order valence-electron chi connectivity index (χ3n) is 4.24. The lowest BCUT2D eigenvalue weighted by atomic mass is 10.1. The van der Waals surface area contributed by atoms with Gasteiger partial charge in [-0.2, -0.15) is 18.3 Å². The minimum atomic E-state index is -4.72. The van der Waals surface area contributed by atoms with Gasteiger partial charge in [0.05, 0.1) is 26.7 Å². The van der Waals surface area contributed by atoms with E-state index in [0.717, 1.165) is 6.07 Å². The first-order valence-electron chi connectivity index (χ1n) is 9.05. The van der Waals surface area contributed by atoms with Gasteiger partial charge >= 0.3 is 6.18 Å². The Bertz CT molecular complexity index is 1180. The number of ether oxygens (including phenoxy) is 1. The Balaban J connectivity index is 1.73. The second-order valence-corrected chi connectivity index (χ2v) is 7.40. The number of halogens is 6. The average molecular weight is 502 g/mol. The molecule has 12 heteroatoms. The number of nitrogens with one attached hydrogen (secondary N) is 1. The standard InChI is InChI=1S/C21H13Cl2F4N3O3/c22-16-7-13(8-17(23)20(16)33-11-12-1-4-15(24)5-2-12)10-28-29-18-6-3-14(21(25,26)27)9-19(18)30(31)32/h1-10,29H,11H2/b28-10-. The molecule has 1 N–H and O–H groups in total. The van der Waals surface area contributed by atoms with Gasteiger partial charge in [0.25, 0.3) is 5.69 Å². The monoisotopic (exact) mass is 501 g/mol. The summed E-state index contributed by atoms with van der Waals surface area (Å²) in [7, 11) is 0. The number of benzene rings is 3. The predicted octanol–water partition coefficient (Wildman–Crippen LogP) is 7.08. The number of nitrogens with zero attached hydrogens (tertiary/aromatic N) is 2. The molecule has 0 bridgehead atoms. The third kappa shape index (κ3) is 6.33. The van der Waals surface area contributed by atoms with E-state index in [4.69, 9.17) is 27.9 Å². The van der Waals surface area contributed by atoms with Gasteiger partial charge in [-0.1, -0.05) is 35.3 Å². The molecule has 6 nitrogen and oxygen atoms in total. The zero-order chi connectivity index (χ0) is 24.2. The second-order valence-electron chi connectivity index (χ2n) is 6.59. The van der Waals surface area contributed by atoms with Crippen LogP contribution in [0.4, 0.5) is 28.9 Å². The van der Waals surface area contributed by atoms with Crippen molar-refractivity contribution < 1.29 is 27.2 Å². The summed E-state index contributed by atoms with van der Waals surface area (Å²) in [5.74, 6) is -0.195. The summed E-state index contributed by atoms with van der Waals surface area (Å²) in [6.45, 7) is 0.0896. The van der Waals surface area contributed by atoms with Gasteiger partial charge in [-0.25, -0.2) is 4.39 Å². The van der Waals surface area contributed by atoms with Crippen molar-refractivity contribution in [2.75, 3.05) is 5.43 Å². The Hall–Kier alpha value is -3.37. The Morgan fingerprint density at radius 2 is 1.70 bits per heavy atom. The molecule has 0 spiro atoms. The molecule has 0 amide bonds. The largest absolute Gasteiger partial charge is 0.486 e. The molecule has 0 aliphatic heterocycles. The van der Waals surface area contributed by atoms with Crippen LogP contribution in [0.2, 0.25) is 10.0 Å². The van der Waals surface area contributed by atoms with E-state index < -0.39 is 22.4 Å². The van der Waals surface area contributed by atoms with Crippen LogP contribution in [0, 0.1) is 15.9 Å². The molecule has 0 saturated heterocycles. The maximum absolute atomic E-state index is 13.0. The van der Waals surface area contributed by atoms with E-state index in [1.165, 1.54) is 30.5 Å². The number of anilines is 1. The Labute approximate surface area is 194 Å². The van der Waals surface area contributed by atoms with Gasteiger partial charge < -0.3 is 4.74 Å². The number of hydrogen-bond donors (Lipinski definition) is 1. The van der Waals surface area contributed by atoms with Crippen LogP contribution in [-0.2, 0) is 12.8 Å². The van der Waals surface area contributed by atoms with Crippen LogP contribution in [-0.4, -0.2) is 11.1 Å². The van der Waals surface area contributed by atoms with Crippen LogP contribution in [0.5, 0.6) is 5.75 Å². The van der Waals surface area contributed by atoms with Crippen molar-refractivity contribution in [2.24, 2.45) is 5.10 Å². The molecule has 0 aromatic heterocycles. The first-order valence-corrected chi connectivity index (χ1v) is 9.81. The predicted molar refractivity (Wildman–Crippen MR) is 117 cm³/mol. The highest BCUT2D eigenvalue weighted by molar-refractivity contribution is 6.37. The first-order chi connectivity index (χ1) is 15.5. The van der Waals surface area contributed by atoms with Gasteiger partial charge in [0, 0.05) is 6.07 Å². The summed E-state index contributed by atoms with van der Waals surface area (Å²) in [5.41, 5.74) is 1.24. The third-order valence-corrected chi connectivity index (χ3v) is 4.80. The molecule has 0 aliphatic carbocycles. The molecule has 0 unspecified atom stereocenters. The van der Waals surface area contributed by atoms with Crippen molar-refractivity contribution in [3.05, 3.63) is 97.3 Å². The van der Waals surface area contributed by atoms with Gasteiger partial charge in [0.1, 0.15) is 18.1 Å². The molecule has 0 saturated carbocycles. The minimum Gasteiger partial charge on any atom is -0.486 e. The lowest BCUT2D eigenvalue weighted by Crippen LogP contribution is -2.06. The summed E-state index contributed by atoms with van der Waals surface area (Å²) in [4.78, 5) is 10.2. The topological polar surface area (TPSA) is 76.8 Å². The van der Waals surface area contributed by atoms with E-state index >= 15 is 0 Å². The summed E-state index contributed by atoms with van der Waals surface area (Å²) >= 11 is 12.4. The fraction of sp³-hybridized carbons (Fsp3) is 0.0952. The maximum Gasteiger partial charge on any atom is 0.416 e. The Morgan fingerprint density at radius 3 is 2.27 bits per heavy atom. The van der Waals surface area contributed by atoms with Crippen LogP contribution in [0.1, 0.15) is 16.7 Å². The van der Waals surface area contributed by atoms with E-state index in [1.807, 2.05) is 0 Å². The molecule has 3 rings (SSSR count). The zero-order valence-corrected chi connectivity index (χ0v) is 17.9. The molecule has 3 aromatic carbocycles. The number of hydrogen-bond acceptors (Lipinski definition) is 5. The average Bonchev–Trinajstić information content (AvgIpc) is 2.73. The highest BCUT2D eigenvalue weighted by Gasteiger charge is 2.33. The van der Waals surface area contributed by atoms with Gasteiger partial charge in [-0.15, -0.1) is 0 Å². The van der Waals surface area contributed by atoms with Gasteiger partial charge in [0.2, 0.25) is 0 Å². The molecule has 0 heterocycles. The quantitative estimate of drug-likeness (QED) is 0.162. The van der Waals surface area contributed by atoms with Crippen molar-refractivity contribution in [1.29, 1.82) is 0 Å². The Kier molecular flexibility index (Phi) is 7.39. The van der Waals surface area contributed by atoms with Crippen LogP contribution >= 0.6 is 23.2 Å². The van der Waals surface area contributed by atoms with Crippen molar-refractivity contribution in [1.82, 2.24) is 0 Å². The summed E-state index contributed by atoms with van der Waals surface area (Å²) in [5, 5.41) is 15.2. The normalized spacial score (nSPS) is 11.6. The van der Waals surface area contributed by atoms with Crippen molar-refractivity contribution in [2.45, 2.75) is 12.8 Å². The molecule has 172 valence electrons. The van der Waals surface area contributed by atoms with Gasteiger partial charge in [-0.05, 0) is 47.5 Å². The smallest absolute Gasteiger partial charge is 0.416 e. The lowest BCUT2D eigenvalue weighted by molar-refractivity contribution is -0.384. The van der Waals surface area contributed by atoms with E-state index in [9.17, 15) is 27.7 Å². The summed E-state index contributed by atoms with van der Waals surface area (Å²) in [6.07, 6.45) is -3.50. The molecular weight excluding hydrogens is 489 g/mol. The van der Waals surface area contributed by atoms with E-state index in [-0.39, 0.29) is 33.9 Å². The summed E-state index contributed by atoms with van der Waals surface area (Å²) < 4.78 is 56.9. The number of alkyl halides is 3. The number of nitro groups is 1. The fourth-order valence-electron chi connectivity index (χ4n) is 2.66. The minimum absolute atomic E-state index is 0.0896. The second kappa shape index (κ2) is 10.1. The van der Waals surface area contributed by atoms with Gasteiger partial charge in [-0.3, -0.25) is 15.5 Å². The lowest BCUT2D eigenvalue weighted by Gasteiger charge is -2.11. The number of hydrazone groups is 1. The number of nitro benzene ring substituents is 1. The van der Waals surface area contributed by atoms with Crippen molar-refractivity contribution in [3.63, 3.8) is 0 Å². The van der Waals surface area contributed by atoms with Crippen LogP contribution < -0.4 is 10.2 Å². The Morgan fingerprint density at radius 1 is 1.06 bits per heavy atom. The van der Waals surface area contributed by atoms with Crippen LogP contribution in [0.3, 0.4) is 0 Å². The summed E-state index contributed by atoms with van der Waals surface area (Å²) in [6, 6.07) is 10.6. The molecule has 0 atom stereocenters. The maximum atomic E-state index is 13.0. The molecule has 33 heavy (non-hydrogen) atoms. The highest BCUT2D eigenvalue weighted by atomic mass is 35.5. The molecule has 0 radical (unpaired) electrons. The van der Waals surface area contributed by atoms with E-state index in [0.29, 0.717) is 23.3 Å². The molecule has 0 aliphatic rings. The van der Waals surface area contributed by atoms with Crippen molar-refractivity contribution >= 4 is 40.8 Å². The molecule has 0 fully saturated rings. The van der Waals surface area contributed by atoms with Gasteiger partial charge in [0.15, 0.2) is 5.75 Å². The fourth-order valence-corrected chi connectivity index (χ4v) is 3.27. The zero-order valence-electron chi connectivity index (χ0n) is 16.4. The van der Waals surface area contributed by atoms with E-state index in [2.05, 4.69) is 10.5 Å². The van der Waals surface area contributed by atoms with E-state index in [1.54, 1.807) is 12.1 Å². The van der Waals surface area contributed by atoms with Crippen molar-refractivity contribution in [3.8, 4) is 5.75 Å².